The molecule has 3 aromatic heterocycles. The van der Waals surface area contributed by atoms with Crippen LogP contribution in [0.5, 0.6) is 0 Å². The highest BCUT2D eigenvalue weighted by Crippen LogP contribution is 2.31. The Labute approximate surface area is 167 Å². The molecule has 1 aromatic carbocycles. The maximum atomic E-state index is 12.6. The van der Waals surface area contributed by atoms with Crippen LogP contribution >= 0.6 is 0 Å². The van der Waals surface area contributed by atoms with E-state index < -0.39 is 0 Å². The molecule has 0 bridgehead atoms. The molecule has 1 saturated heterocycles. The third kappa shape index (κ3) is 3.35. The minimum absolute atomic E-state index is 0.0389. The SMILES string of the molecule is O=C(c1ccncc1)N1CCC(c2nnc(-c3nccc4ccccc34)o2)CC1. The fourth-order valence-electron chi connectivity index (χ4n) is 3.79. The number of piperidine rings is 1. The van der Waals surface area contributed by atoms with Crippen molar-refractivity contribution in [1.29, 1.82) is 0 Å². The van der Waals surface area contributed by atoms with E-state index in [1.54, 1.807) is 30.7 Å². The van der Waals surface area contributed by atoms with Gasteiger partial charge in [-0.15, -0.1) is 10.2 Å². The quantitative estimate of drug-likeness (QED) is 0.535. The van der Waals surface area contributed by atoms with Gasteiger partial charge in [0.25, 0.3) is 11.8 Å². The summed E-state index contributed by atoms with van der Waals surface area (Å²) in [7, 11) is 0. The topological polar surface area (TPSA) is 85.0 Å². The number of pyridine rings is 2. The number of amides is 1. The van der Waals surface area contributed by atoms with Gasteiger partial charge in [-0.1, -0.05) is 24.3 Å². The van der Waals surface area contributed by atoms with Crippen molar-refractivity contribution in [3.63, 3.8) is 0 Å². The summed E-state index contributed by atoms with van der Waals surface area (Å²) in [5.41, 5.74) is 1.37. The zero-order valence-electron chi connectivity index (χ0n) is 15.7. The molecule has 0 N–H and O–H groups in total. The Hall–Kier alpha value is -3.61. The molecule has 0 saturated carbocycles. The molecule has 0 spiro atoms. The summed E-state index contributed by atoms with van der Waals surface area (Å²) in [6.45, 7) is 1.33. The fourth-order valence-corrected chi connectivity index (χ4v) is 3.79. The van der Waals surface area contributed by atoms with Crippen molar-refractivity contribution in [1.82, 2.24) is 25.1 Å². The predicted octanol–water partition coefficient (Wildman–Crippen LogP) is 3.70. The number of fused-ring (bicyclic) bond motifs is 1. The van der Waals surface area contributed by atoms with Gasteiger partial charge >= 0.3 is 0 Å². The first kappa shape index (κ1) is 17.5. The highest BCUT2D eigenvalue weighted by atomic mass is 16.4. The molecule has 1 amide bonds. The van der Waals surface area contributed by atoms with Crippen molar-refractivity contribution in [2.45, 2.75) is 18.8 Å². The molecule has 0 radical (unpaired) electrons. The zero-order valence-corrected chi connectivity index (χ0v) is 15.7. The lowest BCUT2D eigenvalue weighted by molar-refractivity contribution is 0.0706. The molecular formula is C22H19N5O2. The normalized spacial score (nSPS) is 15.0. The van der Waals surface area contributed by atoms with E-state index >= 15 is 0 Å². The fraction of sp³-hybridized carbons (Fsp3) is 0.227. The average molecular weight is 385 g/mol. The summed E-state index contributed by atoms with van der Waals surface area (Å²) in [6.07, 6.45) is 6.62. The summed E-state index contributed by atoms with van der Waals surface area (Å²) in [5.74, 6) is 1.24. The summed E-state index contributed by atoms with van der Waals surface area (Å²) in [4.78, 5) is 22.9. The Morgan fingerprint density at radius 1 is 0.966 bits per heavy atom. The minimum Gasteiger partial charge on any atom is -0.419 e. The lowest BCUT2D eigenvalue weighted by Gasteiger charge is -2.30. The summed E-state index contributed by atoms with van der Waals surface area (Å²) >= 11 is 0. The standard InChI is InChI=1S/C22H19N5O2/c28-22(17-5-10-23-11-6-17)27-13-8-16(9-14-27)20-25-26-21(29-20)19-18-4-2-1-3-15(18)7-12-24-19/h1-7,10-12,16H,8-9,13-14H2. The molecule has 1 aliphatic heterocycles. The number of benzene rings is 1. The Kier molecular flexibility index (Phi) is 4.48. The van der Waals surface area contributed by atoms with E-state index in [1.165, 1.54) is 0 Å². The summed E-state index contributed by atoms with van der Waals surface area (Å²) in [5, 5.41) is 10.6. The second kappa shape index (κ2) is 7.43. The lowest BCUT2D eigenvalue weighted by Crippen LogP contribution is -2.38. The van der Waals surface area contributed by atoms with E-state index in [0.29, 0.717) is 36.1 Å². The van der Waals surface area contributed by atoms with Crippen LogP contribution in [0.4, 0.5) is 0 Å². The van der Waals surface area contributed by atoms with Gasteiger partial charge in [0.05, 0.1) is 0 Å². The largest absolute Gasteiger partial charge is 0.419 e. The van der Waals surface area contributed by atoms with Crippen LogP contribution < -0.4 is 0 Å². The number of aromatic nitrogens is 4. The molecule has 0 unspecified atom stereocenters. The molecule has 7 heteroatoms. The summed E-state index contributed by atoms with van der Waals surface area (Å²) in [6, 6.07) is 13.5. The third-order valence-electron chi connectivity index (χ3n) is 5.38. The number of rotatable bonds is 3. The molecule has 7 nitrogen and oxygen atoms in total. The van der Waals surface area contributed by atoms with Crippen LogP contribution in [-0.2, 0) is 0 Å². The van der Waals surface area contributed by atoms with Gasteiger partial charge < -0.3 is 9.32 Å². The molecule has 5 rings (SSSR count). The van der Waals surface area contributed by atoms with E-state index in [-0.39, 0.29) is 11.8 Å². The smallest absolute Gasteiger partial charge is 0.266 e. The van der Waals surface area contributed by atoms with Gasteiger partial charge in [0.15, 0.2) is 0 Å². The number of nitrogens with zero attached hydrogens (tertiary/aromatic N) is 5. The third-order valence-corrected chi connectivity index (χ3v) is 5.38. The van der Waals surface area contributed by atoms with Gasteiger partial charge in [0, 0.05) is 48.5 Å². The molecule has 4 aromatic rings. The number of hydrogen-bond acceptors (Lipinski definition) is 6. The second-order valence-corrected chi connectivity index (χ2v) is 7.13. The molecular weight excluding hydrogens is 366 g/mol. The van der Waals surface area contributed by atoms with Crippen molar-refractivity contribution in [2.75, 3.05) is 13.1 Å². The highest BCUT2D eigenvalue weighted by Gasteiger charge is 2.28. The van der Waals surface area contributed by atoms with E-state index in [2.05, 4.69) is 20.2 Å². The van der Waals surface area contributed by atoms with Gasteiger partial charge in [-0.05, 0) is 36.4 Å². The maximum Gasteiger partial charge on any atom is 0.266 e. The van der Waals surface area contributed by atoms with Crippen molar-refractivity contribution in [2.24, 2.45) is 0 Å². The van der Waals surface area contributed by atoms with E-state index in [4.69, 9.17) is 4.42 Å². The Balaban J connectivity index is 1.31. The van der Waals surface area contributed by atoms with E-state index in [0.717, 1.165) is 23.6 Å². The van der Waals surface area contributed by atoms with Crippen molar-refractivity contribution < 1.29 is 9.21 Å². The van der Waals surface area contributed by atoms with Crippen LogP contribution in [0, 0.1) is 0 Å². The van der Waals surface area contributed by atoms with Gasteiger partial charge in [0.1, 0.15) is 5.69 Å². The number of carbonyl (C=O) groups excluding carboxylic acids is 1. The monoisotopic (exact) mass is 385 g/mol. The van der Waals surface area contributed by atoms with Gasteiger partial charge in [0.2, 0.25) is 5.89 Å². The molecule has 29 heavy (non-hydrogen) atoms. The highest BCUT2D eigenvalue weighted by molar-refractivity contribution is 5.94. The predicted molar refractivity (Wildman–Crippen MR) is 107 cm³/mol. The maximum absolute atomic E-state index is 12.6. The average Bonchev–Trinajstić information content (AvgIpc) is 3.29. The van der Waals surface area contributed by atoms with Crippen LogP contribution in [0.3, 0.4) is 0 Å². The van der Waals surface area contributed by atoms with Crippen LogP contribution in [0.15, 0.2) is 65.5 Å². The number of hydrogen-bond donors (Lipinski definition) is 0. The lowest BCUT2D eigenvalue weighted by atomic mass is 9.96. The number of likely N-dealkylation sites (tertiary alicyclic amines) is 1. The molecule has 1 aliphatic rings. The first-order valence-electron chi connectivity index (χ1n) is 9.66. The van der Waals surface area contributed by atoms with Crippen molar-refractivity contribution in [3.8, 4) is 11.6 Å². The first-order valence-corrected chi connectivity index (χ1v) is 9.66. The Morgan fingerprint density at radius 2 is 1.76 bits per heavy atom. The first-order chi connectivity index (χ1) is 14.3. The van der Waals surface area contributed by atoms with Crippen molar-refractivity contribution >= 4 is 16.7 Å². The minimum atomic E-state index is 0.0389. The molecule has 4 heterocycles. The van der Waals surface area contributed by atoms with E-state index in [1.807, 2.05) is 35.2 Å². The van der Waals surface area contributed by atoms with Gasteiger partial charge in [-0.3, -0.25) is 14.8 Å². The van der Waals surface area contributed by atoms with Gasteiger partial charge in [-0.2, -0.15) is 0 Å². The summed E-state index contributed by atoms with van der Waals surface area (Å²) < 4.78 is 6.00. The van der Waals surface area contributed by atoms with Crippen LogP contribution in [0.25, 0.3) is 22.4 Å². The van der Waals surface area contributed by atoms with Crippen LogP contribution in [0.1, 0.15) is 35.0 Å². The van der Waals surface area contributed by atoms with Crippen molar-refractivity contribution in [3.05, 3.63) is 72.5 Å². The zero-order chi connectivity index (χ0) is 19.6. The molecule has 0 aliphatic carbocycles. The Morgan fingerprint density at radius 3 is 2.59 bits per heavy atom. The van der Waals surface area contributed by atoms with Gasteiger partial charge in [-0.25, -0.2) is 0 Å². The number of carbonyl (C=O) groups is 1. The van der Waals surface area contributed by atoms with E-state index in [9.17, 15) is 4.79 Å². The molecule has 144 valence electrons. The van der Waals surface area contributed by atoms with Crippen LogP contribution in [0.2, 0.25) is 0 Å². The second-order valence-electron chi connectivity index (χ2n) is 7.13. The Bertz CT molecular complexity index is 1140. The molecule has 1 fully saturated rings. The van der Waals surface area contributed by atoms with Crippen LogP contribution in [-0.4, -0.2) is 44.1 Å². The molecule has 0 atom stereocenters.